The summed E-state index contributed by atoms with van der Waals surface area (Å²) in [5.41, 5.74) is 2.27. The number of aromatic nitrogens is 1. The fourth-order valence-corrected chi connectivity index (χ4v) is 3.64. The molecule has 2 aromatic heterocycles. The number of amides is 1. The summed E-state index contributed by atoms with van der Waals surface area (Å²) in [7, 11) is 1.78. The van der Waals surface area contributed by atoms with Crippen molar-refractivity contribution in [3.63, 3.8) is 0 Å². The molecule has 0 bridgehead atoms. The quantitative estimate of drug-likeness (QED) is 0.694. The topological polar surface area (TPSA) is 55.5 Å². The van der Waals surface area contributed by atoms with Crippen LogP contribution in [0.15, 0.2) is 38.9 Å². The number of hydrogen-bond donors (Lipinski definition) is 0. The Morgan fingerprint density at radius 3 is 2.88 bits per heavy atom. The van der Waals surface area contributed by atoms with E-state index in [-0.39, 0.29) is 18.9 Å². The third kappa shape index (κ3) is 3.39. The van der Waals surface area contributed by atoms with Gasteiger partial charge in [0.05, 0.1) is 12.1 Å². The summed E-state index contributed by atoms with van der Waals surface area (Å²) in [4.78, 5) is 27.2. The average molecular weight is 365 g/mol. The van der Waals surface area contributed by atoms with Gasteiger partial charge in [0.1, 0.15) is 0 Å². The molecule has 0 atom stereocenters. The van der Waals surface area contributed by atoms with E-state index in [1.54, 1.807) is 41.5 Å². The maximum atomic E-state index is 12.3. The van der Waals surface area contributed by atoms with Gasteiger partial charge in [0.25, 0.3) is 0 Å². The number of oxazole rings is 1. The molecule has 0 aliphatic heterocycles. The lowest BCUT2D eigenvalue weighted by molar-refractivity contribution is -0.130. The highest BCUT2D eigenvalue weighted by Gasteiger charge is 2.14. The molecule has 0 spiro atoms. The summed E-state index contributed by atoms with van der Waals surface area (Å²) < 4.78 is 6.64. The smallest absolute Gasteiger partial charge is 0.408 e. The molecule has 1 amide bonds. The maximum Gasteiger partial charge on any atom is 0.419 e. The van der Waals surface area contributed by atoms with Gasteiger partial charge in [-0.3, -0.25) is 9.36 Å². The van der Waals surface area contributed by atoms with Crippen LogP contribution in [0, 0.1) is 6.92 Å². The number of benzene rings is 1. The highest BCUT2D eigenvalue weighted by atomic mass is 35.5. The molecule has 7 heteroatoms. The van der Waals surface area contributed by atoms with E-state index < -0.39 is 5.76 Å². The van der Waals surface area contributed by atoms with Crippen molar-refractivity contribution in [2.45, 2.75) is 26.4 Å². The lowest BCUT2D eigenvalue weighted by atomic mass is 10.2. The van der Waals surface area contributed by atoms with Crippen LogP contribution in [0.4, 0.5) is 0 Å². The second-order valence-electron chi connectivity index (χ2n) is 5.66. The van der Waals surface area contributed by atoms with Crippen molar-refractivity contribution in [2.24, 2.45) is 0 Å². The molecule has 2 heterocycles. The van der Waals surface area contributed by atoms with Gasteiger partial charge < -0.3 is 9.32 Å². The molecule has 1 aromatic carbocycles. The zero-order valence-corrected chi connectivity index (χ0v) is 15.0. The molecule has 126 valence electrons. The van der Waals surface area contributed by atoms with Crippen molar-refractivity contribution in [3.05, 3.63) is 55.7 Å². The minimum atomic E-state index is -0.475. The van der Waals surface area contributed by atoms with Crippen LogP contribution in [0.2, 0.25) is 5.02 Å². The Morgan fingerprint density at radius 1 is 1.38 bits per heavy atom. The van der Waals surface area contributed by atoms with Crippen molar-refractivity contribution < 1.29 is 9.21 Å². The van der Waals surface area contributed by atoms with E-state index in [1.807, 2.05) is 18.4 Å². The second kappa shape index (κ2) is 6.83. The molecule has 3 rings (SSSR count). The minimum absolute atomic E-state index is 0.0157. The number of nitrogens with zero attached hydrogens (tertiary/aromatic N) is 2. The van der Waals surface area contributed by atoms with Gasteiger partial charge >= 0.3 is 5.76 Å². The summed E-state index contributed by atoms with van der Waals surface area (Å²) in [5, 5.41) is 2.52. The lowest BCUT2D eigenvalue weighted by Gasteiger charge is -2.17. The van der Waals surface area contributed by atoms with Gasteiger partial charge in [0.15, 0.2) is 5.58 Å². The average Bonchev–Trinajstić information content (AvgIpc) is 3.07. The molecule has 0 saturated carbocycles. The van der Waals surface area contributed by atoms with Gasteiger partial charge in [0, 0.05) is 36.0 Å². The van der Waals surface area contributed by atoms with Crippen LogP contribution < -0.4 is 5.76 Å². The molecule has 0 unspecified atom stereocenters. The molecule has 0 N–H and O–H groups in total. The highest BCUT2D eigenvalue weighted by molar-refractivity contribution is 7.10. The van der Waals surface area contributed by atoms with Crippen molar-refractivity contribution in [3.8, 4) is 0 Å². The third-order valence-electron chi connectivity index (χ3n) is 3.95. The van der Waals surface area contributed by atoms with Gasteiger partial charge in [-0.25, -0.2) is 4.79 Å². The zero-order chi connectivity index (χ0) is 17.3. The Bertz CT molecular complexity index is 941. The number of fused-ring (bicyclic) bond motifs is 1. The van der Waals surface area contributed by atoms with E-state index in [0.717, 1.165) is 0 Å². The van der Waals surface area contributed by atoms with Crippen LogP contribution in [0.25, 0.3) is 11.1 Å². The molecule has 3 aromatic rings. The van der Waals surface area contributed by atoms with Crippen molar-refractivity contribution in [2.75, 3.05) is 7.05 Å². The fourth-order valence-electron chi connectivity index (χ4n) is 2.52. The molecule has 0 radical (unpaired) electrons. The number of halogens is 1. The maximum absolute atomic E-state index is 12.3. The van der Waals surface area contributed by atoms with E-state index in [0.29, 0.717) is 22.7 Å². The largest absolute Gasteiger partial charge is 0.419 e. The van der Waals surface area contributed by atoms with E-state index in [2.05, 4.69) is 0 Å². The number of aryl methyl sites for hydroxylation is 2. The molecule has 0 aliphatic carbocycles. The van der Waals surface area contributed by atoms with Gasteiger partial charge in [-0.2, -0.15) is 0 Å². The number of carbonyl (C=O) groups is 1. The van der Waals surface area contributed by atoms with Gasteiger partial charge in [-0.15, -0.1) is 11.3 Å². The first kappa shape index (κ1) is 16.8. The number of rotatable bonds is 5. The first-order valence-corrected chi connectivity index (χ1v) is 8.77. The molecule has 0 aliphatic rings. The molecule has 0 saturated heterocycles. The van der Waals surface area contributed by atoms with Crippen LogP contribution in [0.5, 0.6) is 0 Å². The number of carbonyl (C=O) groups excluding carboxylic acids is 1. The minimum Gasteiger partial charge on any atom is -0.408 e. The van der Waals surface area contributed by atoms with E-state index >= 15 is 0 Å². The first-order valence-electron chi connectivity index (χ1n) is 7.51. The molecule has 24 heavy (non-hydrogen) atoms. The van der Waals surface area contributed by atoms with Crippen LogP contribution >= 0.6 is 22.9 Å². The van der Waals surface area contributed by atoms with Gasteiger partial charge in [-0.05, 0) is 36.1 Å². The predicted octanol–water partition coefficient (Wildman–Crippen LogP) is 3.67. The zero-order valence-electron chi connectivity index (χ0n) is 13.4. The van der Waals surface area contributed by atoms with E-state index in [1.165, 1.54) is 15.0 Å². The van der Waals surface area contributed by atoms with Gasteiger partial charge in [-0.1, -0.05) is 11.6 Å². The van der Waals surface area contributed by atoms with Crippen LogP contribution in [0.1, 0.15) is 16.9 Å². The summed E-state index contributed by atoms with van der Waals surface area (Å²) in [6, 6.07) is 7.07. The Morgan fingerprint density at radius 2 is 2.17 bits per heavy atom. The van der Waals surface area contributed by atoms with Crippen molar-refractivity contribution in [1.29, 1.82) is 0 Å². The van der Waals surface area contributed by atoms with Crippen molar-refractivity contribution in [1.82, 2.24) is 9.47 Å². The number of thiophene rings is 1. The van der Waals surface area contributed by atoms with E-state index in [9.17, 15) is 9.59 Å². The van der Waals surface area contributed by atoms with Crippen molar-refractivity contribution >= 4 is 39.9 Å². The Hall–Kier alpha value is -2.05. The summed E-state index contributed by atoms with van der Waals surface area (Å²) in [6.07, 6.45) is 0.234. The molecule has 5 nitrogen and oxygen atoms in total. The van der Waals surface area contributed by atoms with Crippen LogP contribution in [-0.2, 0) is 17.9 Å². The Labute approximate surface area is 148 Å². The standard InChI is InChI=1S/C17H17ClN2O3S/c1-11-6-8-24-15(11)10-19(2)16(21)5-7-20-13-4-3-12(18)9-14(13)23-17(20)22/h3-4,6,8-9H,5,7,10H2,1-2H3. The highest BCUT2D eigenvalue weighted by Crippen LogP contribution is 2.19. The summed E-state index contributed by atoms with van der Waals surface area (Å²) in [6.45, 7) is 2.89. The van der Waals surface area contributed by atoms with Gasteiger partial charge in [0.2, 0.25) is 5.91 Å². The summed E-state index contributed by atoms with van der Waals surface area (Å²) >= 11 is 7.54. The first-order chi connectivity index (χ1) is 11.5. The molecular weight excluding hydrogens is 348 g/mol. The van der Waals surface area contributed by atoms with Crippen LogP contribution in [-0.4, -0.2) is 22.4 Å². The predicted molar refractivity (Wildman–Crippen MR) is 95.6 cm³/mol. The Balaban J connectivity index is 1.69. The fraction of sp³-hybridized carbons (Fsp3) is 0.294. The molecular formula is C17H17ClN2O3S. The normalized spacial score (nSPS) is 11.1. The number of hydrogen-bond acceptors (Lipinski definition) is 4. The van der Waals surface area contributed by atoms with E-state index in [4.69, 9.17) is 16.0 Å². The monoisotopic (exact) mass is 364 g/mol. The Kier molecular flexibility index (Phi) is 4.78. The molecule has 0 fully saturated rings. The van der Waals surface area contributed by atoms with Crippen LogP contribution in [0.3, 0.4) is 0 Å². The second-order valence-corrected chi connectivity index (χ2v) is 7.10. The summed E-state index contributed by atoms with van der Waals surface area (Å²) in [5.74, 6) is -0.491. The SMILES string of the molecule is Cc1ccsc1CN(C)C(=O)CCn1c(=O)oc2cc(Cl)ccc21. The third-order valence-corrected chi connectivity index (χ3v) is 5.20. The lowest BCUT2D eigenvalue weighted by Crippen LogP contribution is -2.28.